The molecule has 1 atom stereocenters. The molecular weight excluding hydrogens is 158 g/mol. The molecule has 1 amide bonds. The van der Waals surface area contributed by atoms with Crippen molar-refractivity contribution in [3.63, 3.8) is 0 Å². The second-order valence-electron chi connectivity index (χ2n) is 3.23. The molecule has 0 fully saturated rings. The lowest BCUT2D eigenvalue weighted by atomic mass is 10.2. The Labute approximate surface area is 72.9 Å². The third-order valence-corrected chi connectivity index (χ3v) is 2.94. The highest BCUT2D eigenvalue weighted by Crippen LogP contribution is 2.11. The first-order valence-corrected chi connectivity index (χ1v) is 5.06. The van der Waals surface area contributed by atoms with Crippen molar-refractivity contribution in [3.05, 3.63) is 0 Å². The van der Waals surface area contributed by atoms with Crippen LogP contribution in [0.1, 0.15) is 20.8 Å². The van der Waals surface area contributed by atoms with E-state index in [-0.39, 0.29) is 11.8 Å². The molecule has 2 N–H and O–H groups in total. The van der Waals surface area contributed by atoms with Gasteiger partial charge in [0.05, 0.1) is 0 Å². The second-order valence-corrected chi connectivity index (χ2v) is 4.31. The number of hydrogen-bond acceptors (Lipinski definition) is 2. The fourth-order valence-electron chi connectivity index (χ4n) is 0.563. The van der Waals surface area contributed by atoms with Gasteiger partial charge in [-0.1, -0.05) is 20.8 Å². The summed E-state index contributed by atoms with van der Waals surface area (Å²) in [4.78, 5) is 10.6. The SMILES string of the molecule is CC(C)CSC[C@H](C)C(N)=O. The van der Waals surface area contributed by atoms with Gasteiger partial charge in [-0.3, -0.25) is 4.79 Å². The van der Waals surface area contributed by atoms with Crippen LogP contribution in [0.5, 0.6) is 0 Å². The summed E-state index contributed by atoms with van der Waals surface area (Å²) in [5.41, 5.74) is 5.10. The number of thioether (sulfide) groups is 1. The Balaban J connectivity index is 3.31. The molecule has 3 heteroatoms. The molecule has 0 aliphatic heterocycles. The molecule has 0 aromatic rings. The predicted octanol–water partition coefficient (Wildman–Crippen LogP) is 1.50. The number of amides is 1. The highest BCUT2D eigenvalue weighted by Gasteiger charge is 2.07. The van der Waals surface area contributed by atoms with E-state index in [1.54, 1.807) is 11.8 Å². The highest BCUT2D eigenvalue weighted by molar-refractivity contribution is 7.99. The fourth-order valence-corrected chi connectivity index (χ4v) is 1.69. The first-order chi connectivity index (χ1) is 5.04. The van der Waals surface area contributed by atoms with Crippen molar-refractivity contribution in [2.24, 2.45) is 17.6 Å². The van der Waals surface area contributed by atoms with E-state index in [1.165, 1.54) is 0 Å². The summed E-state index contributed by atoms with van der Waals surface area (Å²) in [6.45, 7) is 6.21. The van der Waals surface area contributed by atoms with Crippen LogP contribution in [0.4, 0.5) is 0 Å². The van der Waals surface area contributed by atoms with Crippen LogP contribution in [0.15, 0.2) is 0 Å². The molecule has 0 heterocycles. The minimum atomic E-state index is -0.193. The zero-order valence-corrected chi connectivity index (χ0v) is 8.28. The lowest BCUT2D eigenvalue weighted by Crippen LogP contribution is -2.22. The molecule has 2 nitrogen and oxygen atoms in total. The number of carbonyl (C=O) groups excluding carboxylic acids is 1. The molecule has 0 bridgehead atoms. The van der Waals surface area contributed by atoms with Crippen molar-refractivity contribution >= 4 is 17.7 Å². The van der Waals surface area contributed by atoms with Gasteiger partial charge >= 0.3 is 0 Å². The number of nitrogens with two attached hydrogens (primary N) is 1. The van der Waals surface area contributed by atoms with Gasteiger partial charge in [0.15, 0.2) is 0 Å². The van der Waals surface area contributed by atoms with Gasteiger partial charge in [-0.15, -0.1) is 0 Å². The number of rotatable bonds is 5. The minimum absolute atomic E-state index is 0.0127. The lowest BCUT2D eigenvalue weighted by molar-refractivity contribution is -0.120. The Morgan fingerprint density at radius 3 is 2.27 bits per heavy atom. The summed E-state index contributed by atoms with van der Waals surface area (Å²) in [6, 6.07) is 0. The topological polar surface area (TPSA) is 43.1 Å². The molecule has 0 aliphatic carbocycles. The van der Waals surface area contributed by atoms with Crippen LogP contribution >= 0.6 is 11.8 Å². The minimum Gasteiger partial charge on any atom is -0.369 e. The number of hydrogen-bond donors (Lipinski definition) is 1. The van der Waals surface area contributed by atoms with Crippen molar-refractivity contribution in [3.8, 4) is 0 Å². The maximum atomic E-state index is 10.6. The van der Waals surface area contributed by atoms with Crippen LogP contribution in [-0.4, -0.2) is 17.4 Å². The van der Waals surface area contributed by atoms with Crippen molar-refractivity contribution < 1.29 is 4.79 Å². The van der Waals surface area contributed by atoms with Crippen LogP contribution in [0.3, 0.4) is 0 Å². The van der Waals surface area contributed by atoms with E-state index >= 15 is 0 Å². The Morgan fingerprint density at radius 2 is 1.91 bits per heavy atom. The number of primary amides is 1. The van der Waals surface area contributed by atoms with Gasteiger partial charge in [-0.2, -0.15) is 11.8 Å². The zero-order chi connectivity index (χ0) is 8.85. The average Bonchev–Trinajstić information content (AvgIpc) is 1.86. The summed E-state index contributed by atoms with van der Waals surface area (Å²) in [5.74, 6) is 2.48. The smallest absolute Gasteiger partial charge is 0.221 e. The van der Waals surface area contributed by atoms with E-state index in [9.17, 15) is 4.79 Å². The Bertz CT molecular complexity index is 125. The fraction of sp³-hybridized carbons (Fsp3) is 0.875. The third-order valence-electron chi connectivity index (χ3n) is 1.30. The normalized spacial score (nSPS) is 13.5. The van der Waals surface area contributed by atoms with Gasteiger partial charge < -0.3 is 5.73 Å². The van der Waals surface area contributed by atoms with E-state index in [1.807, 2.05) is 6.92 Å². The van der Waals surface area contributed by atoms with E-state index < -0.39 is 0 Å². The Morgan fingerprint density at radius 1 is 1.36 bits per heavy atom. The summed E-state index contributed by atoms with van der Waals surface area (Å²) in [6.07, 6.45) is 0. The van der Waals surface area contributed by atoms with E-state index in [0.29, 0.717) is 5.92 Å². The van der Waals surface area contributed by atoms with Crippen LogP contribution in [-0.2, 0) is 4.79 Å². The molecule has 0 aromatic carbocycles. The molecule has 0 saturated carbocycles. The molecule has 66 valence electrons. The second kappa shape index (κ2) is 5.47. The van der Waals surface area contributed by atoms with E-state index in [2.05, 4.69) is 13.8 Å². The van der Waals surface area contributed by atoms with Gasteiger partial charge in [0.25, 0.3) is 0 Å². The maximum Gasteiger partial charge on any atom is 0.221 e. The molecular formula is C8H17NOS. The van der Waals surface area contributed by atoms with Crippen LogP contribution in [0.2, 0.25) is 0 Å². The molecule has 0 unspecified atom stereocenters. The largest absolute Gasteiger partial charge is 0.369 e. The Hall–Kier alpha value is -0.180. The first-order valence-electron chi connectivity index (χ1n) is 3.91. The number of carbonyl (C=O) groups is 1. The Kier molecular flexibility index (Phi) is 5.38. The average molecular weight is 175 g/mol. The molecule has 0 radical (unpaired) electrons. The van der Waals surface area contributed by atoms with Gasteiger partial charge in [0.2, 0.25) is 5.91 Å². The van der Waals surface area contributed by atoms with Gasteiger partial charge in [0.1, 0.15) is 0 Å². The predicted molar refractivity (Wildman–Crippen MR) is 50.5 cm³/mol. The van der Waals surface area contributed by atoms with E-state index in [0.717, 1.165) is 11.5 Å². The quantitative estimate of drug-likeness (QED) is 0.688. The van der Waals surface area contributed by atoms with Crippen molar-refractivity contribution in [2.75, 3.05) is 11.5 Å². The summed E-state index contributed by atoms with van der Waals surface area (Å²) < 4.78 is 0. The monoisotopic (exact) mass is 175 g/mol. The van der Waals surface area contributed by atoms with Crippen LogP contribution in [0.25, 0.3) is 0 Å². The lowest BCUT2D eigenvalue weighted by Gasteiger charge is -2.07. The first kappa shape index (κ1) is 10.8. The summed E-state index contributed by atoms with van der Waals surface area (Å²) in [7, 11) is 0. The van der Waals surface area contributed by atoms with Crippen LogP contribution in [0, 0.1) is 11.8 Å². The van der Waals surface area contributed by atoms with E-state index in [4.69, 9.17) is 5.73 Å². The third kappa shape index (κ3) is 6.23. The van der Waals surface area contributed by atoms with Gasteiger partial charge in [-0.05, 0) is 11.7 Å². The molecule has 0 rings (SSSR count). The van der Waals surface area contributed by atoms with Crippen LogP contribution < -0.4 is 5.73 Å². The highest BCUT2D eigenvalue weighted by atomic mass is 32.2. The molecule has 0 saturated heterocycles. The molecule has 0 aromatic heterocycles. The summed E-state index contributed by atoms with van der Waals surface area (Å²) >= 11 is 1.80. The van der Waals surface area contributed by atoms with Crippen molar-refractivity contribution in [2.45, 2.75) is 20.8 Å². The molecule has 0 spiro atoms. The van der Waals surface area contributed by atoms with Crippen molar-refractivity contribution in [1.29, 1.82) is 0 Å². The molecule has 11 heavy (non-hydrogen) atoms. The standard InChI is InChI=1S/C8H17NOS/c1-6(2)4-11-5-7(3)8(9)10/h6-7H,4-5H2,1-3H3,(H2,9,10)/t7-/m0/s1. The zero-order valence-electron chi connectivity index (χ0n) is 7.46. The molecule has 0 aliphatic rings. The maximum absolute atomic E-state index is 10.6. The van der Waals surface area contributed by atoms with Gasteiger partial charge in [0, 0.05) is 11.7 Å². The van der Waals surface area contributed by atoms with Gasteiger partial charge in [-0.25, -0.2) is 0 Å². The van der Waals surface area contributed by atoms with Crippen molar-refractivity contribution in [1.82, 2.24) is 0 Å². The summed E-state index contributed by atoms with van der Waals surface area (Å²) in [5, 5.41) is 0.